The lowest BCUT2D eigenvalue weighted by atomic mass is 9.94. The number of aliphatic hydroxyl groups is 1. The highest BCUT2D eigenvalue weighted by Crippen LogP contribution is 2.14. The first-order valence-corrected chi connectivity index (χ1v) is 6.49. The Morgan fingerprint density at radius 2 is 1.83 bits per heavy atom. The Bertz CT molecular complexity index is 236. The highest BCUT2D eigenvalue weighted by Gasteiger charge is 2.19. The summed E-state index contributed by atoms with van der Waals surface area (Å²) < 4.78 is 0. The van der Waals surface area contributed by atoms with E-state index in [1.165, 1.54) is 0 Å². The molecule has 0 aromatic heterocycles. The van der Waals surface area contributed by atoms with E-state index in [1.807, 2.05) is 13.0 Å². The summed E-state index contributed by atoms with van der Waals surface area (Å²) in [7, 11) is 0. The van der Waals surface area contributed by atoms with Gasteiger partial charge in [-0.2, -0.15) is 0 Å². The van der Waals surface area contributed by atoms with Crippen molar-refractivity contribution in [3.63, 3.8) is 0 Å². The third kappa shape index (κ3) is 12.9. The Hall–Kier alpha value is -1.16. The van der Waals surface area contributed by atoms with Gasteiger partial charge in [0.05, 0.1) is 6.42 Å². The quantitative estimate of drug-likeness (QED) is 0.492. The van der Waals surface area contributed by atoms with Crippen molar-refractivity contribution in [1.82, 2.24) is 0 Å². The lowest BCUT2D eigenvalue weighted by Crippen LogP contribution is -2.21. The number of unbranched alkanes of at least 4 members (excludes halogenated alkanes) is 2. The van der Waals surface area contributed by atoms with E-state index in [9.17, 15) is 9.59 Å². The number of carbonyl (C=O) groups excluding carboxylic acids is 1. The first kappa shape index (κ1) is 19.2. The summed E-state index contributed by atoms with van der Waals surface area (Å²) in [4.78, 5) is 21.6. The van der Waals surface area contributed by atoms with Gasteiger partial charge in [0.25, 0.3) is 0 Å². The molecule has 106 valence electrons. The van der Waals surface area contributed by atoms with Crippen LogP contribution in [0.4, 0.5) is 0 Å². The molecule has 0 aliphatic carbocycles. The van der Waals surface area contributed by atoms with Gasteiger partial charge in [-0.3, -0.25) is 9.59 Å². The average molecular weight is 258 g/mol. The van der Waals surface area contributed by atoms with Gasteiger partial charge >= 0.3 is 5.97 Å². The Balaban J connectivity index is 0. The summed E-state index contributed by atoms with van der Waals surface area (Å²) in [6, 6.07) is 0. The summed E-state index contributed by atoms with van der Waals surface area (Å²) in [6.07, 6.45) is 6.24. The van der Waals surface area contributed by atoms with Crippen LogP contribution in [-0.4, -0.2) is 28.6 Å². The molecule has 0 radical (unpaired) electrons. The van der Waals surface area contributed by atoms with Gasteiger partial charge in [-0.1, -0.05) is 39.2 Å². The second kappa shape index (κ2) is 13.9. The van der Waals surface area contributed by atoms with Gasteiger partial charge in [-0.25, -0.2) is 0 Å². The van der Waals surface area contributed by atoms with Crippen molar-refractivity contribution < 1.29 is 19.8 Å². The molecule has 1 atom stereocenters. The van der Waals surface area contributed by atoms with Crippen LogP contribution in [-0.2, 0) is 9.59 Å². The fourth-order valence-corrected chi connectivity index (χ4v) is 1.36. The molecule has 0 aliphatic heterocycles. The van der Waals surface area contributed by atoms with Gasteiger partial charge in [0, 0.05) is 5.92 Å². The van der Waals surface area contributed by atoms with Crippen molar-refractivity contribution >= 4 is 11.8 Å². The lowest BCUT2D eigenvalue weighted by Gasteiger charge is -2.11. The molecule has 18 heavy (non-hydrogen) atoms. The Labute approximate surface area is 110 Å². The summed E-state index contributed by atoms with van der Waals surface area (Å²) in [5.41, 5.74) is 0. The predicted octanol–water partition coefficient (Wildman–Crippen LogP) is 2.80. The molecule has 4 nitrogen and oxygen atoms in total. The van der Waals surface area contributed by atoms with E-state index in [0.29, 0.717) is 6.42 Å². The summed E-state index contributed by atoms with van der Waals surface area (Å²) in [5, 5.41) is 17.2. The number of Topliss-reactive ketones (excluding diaryl/α,β-unsaturated/α-hetero) is 1. The van der Waals surface area contributed by atoms with Gasteiger partial charge in [-0.05, 0) is 12.8 Å². The predicted molar refractivity (Wildman–Crippen MR) is 72.5 cm³/mol. The zero-order chi connectivity index (χ0) is 14.4. The molecule has 0 bridgehead atoms. The SMILES string of the molecule is C=CCC.CCCCCC(CC(=O)O)C(=O)CO. The van der Waals surface area contributed by atoms with E-state index >= 15 is 0 Å². The van der Waals surface area contributed by atoms with E-state index < -0.39 is 18.5 Å². The molecule has 1 unspecified atom stereocenters. The minimum Gasteiger partial charge on any atom is -0.481 e. The molecule has 2 N–H and O–H groups in total. The molecule has 0 fully saturated rings. The van der Waals surface area contributed by atoms with Gasteiger partial charge in [0.15, 0.2) is 5.78 Å². The topological polar surface area (TPSA) is 74.6 Å². The molecule has 4 heteroatoms. The van der Waals surface area contributed by atoms with Crippen molar-refractivity contribution in [3.05, 3.63) is 12.7 Å². The third-order valence-electron chi connectivity index (χ3n) is 2.48. The number of allylic oxidation sites excluding steroid dienone is 1. The minimum absolute atomic E-state index is 0.164. The van der Waals surface area contributed by atoms with Crippen molar-refractivity contribution in [2.75, 3.05) is 6.61 Å². The first-order valence-electron chi connectivity index (χ1n) is 6.49. The Kier molecular flexibility index (Phi) is 14.8. The summed E-state index contributed by atoms with van der Waals surface area (Å²) in [5.74, 6) is -1.85. The van der Waals surface area contributed by atoms with Crippen LogP contribution in [0.25, 0.3) is 0 Å². The molecule has 0 amide bonds. The standard InChI is InChI=1S/C10H18O4.C4H8/c1-2-3-4-5-8(6-10(13)14)9(12)7-11;1-3-4-2/h8,11H,2-7H2,1H3,(H,13,14);3H,1,4H2,2H3. The second-order valence-corrected chi connectivity index (χ2v) is 4.11. The number of aliphatic carboxylic acids is 1. The monoisotopic (exact) mass is 258 g/mol. The number of carboxylic acids is 1. The van der Waals surface area contributed by atoms with Gasteiger partial charge in [-0.15, -0.1) is 6.58 Å². The van der Waals surface area contributed by atoms with Crippen LogP contribution in [0, 0.1) is 5.92 Å². The van der Waals surface area contributed by atoms with Crippen LogP contribution < -0.4 is 0 Å². The van der Waals surface area contributed by atoms with E-state index in [4.69, 9.17) is 10.2 Å². The summed E-state index contributed by atoms with van der Waals surface area (Å²) >= 11 is 0. The third-order valence-corrected chi connectivity index (χ3v) is 2.48. The number of rotatable bonds is 9. The second-order valence-electron chi connectivity index (χ2n) is 4.11. The number of carboxylic acid groups (broad SMARTS) is 1. The minimum atomic E-state index is -0.978. The molecule has 0 aromatic rings. The molecule has 0 spiro atoms. The smallest absolute Gasteiger partial charge is 0.304 e. The number of aliphatic hydroxyl groups excluding tert-OH is 1. The van der Waals surface area contributed by atoms with Gasteiger partial charge in [0.2, 0.25) is 0 Å². The zero-order valence-corrected chi connectivity index (χ0v) is 11.5. The van der Waals surface area contributed by atoms with Crippen molar-refractivity contribution in [2.45, 2.75) is 52.4 Å². The Morgan fingerprint density at radius 3 is 2.17 bits per heavy atom. The maximum atomic E-state index is 11.1. The molecular formula is C14H26O4. The fourth-order valence-electron chi connectivity index (χ4n) is 1.36. The molecule has 0 saturated carbocycles. The maximum Gasteiger partial charge on any atom is 0.304 e. The maximum absolute atomic E-state index is 11.1. The molecule has 0 heterocycles. The molecule has 0 saturated heterocycles. The lowest BCUT2D eigenvalue weighted by molar-refractivity contribution is -0.141. The number of carbonyl (C=O) groups is 2. The highest BCUT2D eigenvalue weighted by molar-refractivity contribution is 5.85. The first-order chi connectivity index (χ1) is 8.53. The molecule has 0 rings (SSSR count). The molecule has 0 aromatic carbocycles. The van der Waals surface area contributed by atoms with Crippen molar-refractivity contribution in [1.29, 1.82) is 0 Å². The van der Waals surface area contributed by atoms with E-state index in [1.54, 1.807) is 0 Å². The van der Waals surface area contributed by atoms with E-state index in [2.05, 4.69) is 13.5 Å². The van der Waals surface area contributed by atoms with Crippen LogP contribution in [0.2, 0.25) is 0 Å². The number of hydrogen-bond acceptors (Lipinski definition) is 3. The molecule has 0 aliphatic rings. The van der Waals surface area contributed by atoms with Crippen LogP contribution in [0.5, 0.6) is 0 Å². The van der Waals surface area contributed by atoms with Gasteiger partial charge in [0.1, 0.15) is 6.61 Å². The van der Waals surface area contributed by atoms with Crippen molar-refractivity contribution in [2.24, 2.45) is 5.92 Å². The molecular weight excluding hydrogens is 232 g/mol. The number of ketones is 1. The van der Waals surface area contributed by atoms with Crippen molar-refractivity contribution in [3.8, 4) is 0 Å². The van der Waals surface area contributed by atoms with Crippen LogP contribution in [0.15, 0.2) is 12.7 Å². The fraction of sp³-hybridized carbons (Fsp3) is 0.714. The van der Waals surface area contributed by atoms with Crippen LogP contribution in [0.3, 0.4) is 0 Å². The van der Waals surface area contributed by atoms with E-state index in [0.717, 1.165) is 25.7 Å². The van der Waals surface area contributed by atoms with Crippen LogP contribution >= 0.6 is 0 Å². The highest BCUT2D eigenvalue weighted by atomic mass is 16.4. The summed E-state index contributed by atoms with van der Waals surface area (Å²) in [6.45, 7) is 7.03. The van der Waals surface area contributed by atoms with Crippen LogP contribution in [0.1, 0.15) is 52.4 Å². The number of hydrogen-bond donors (Lipinski definition) is 2. The van der Waals surface area contributed by atoms with E-state index in [-0.39, 0.29) is 12.2 Å². The van der Waals surface area contributed by atoms with Gasteiger partial charge < -0.3 is 10.2 Å². The Morgan fingerprint density at radius 1 is 1.28 bits per heavy atom. The zero-order valence-electron chi connectivity index (χ0n) is 11.5. The average Bonchev–Trinajstić information content (AvgIpc) is 2.36. The largest absolute Gasteiger partial charge is 0.481 e. The normalized spacial score (nSPS) is 11.1.